The molecule has 1 heterocycles. The molecule has 0 atom stereocenters. The van der Waals surface area contributed by atoms with Crippen LogP contribution >= 0.6 is 12.2 Å². The maximum atomic E-state index is 5.22. The molecule has 0 saturated carbocycles. The van der Waals surface area contributed by atoms with Crippen LogP contribution in [-0.2, 0) is 0 Å². The van der Waals surface area contributed by atoms with Crippen molar-refractivity contribution in [1.29, 1.82) is 0 Å². The van der Waals surface area contributed by atoms with Crippen molar-refractivity contribution in [2.45, 2.75) is 6.92 Å². The lowest BCUT2D eigenvalue weighted by Crippen LogP contribution is -2.25. The summed E-state index contributed by atoms with van der Waals surface area (Å²) in [5, 5.41) is 4.13. The van der Waals surface area contributed by atoms with Crippen LogP contribution in [0, 0.1) is 0 Å². The third kappa shape index (κ3) is 3.16. The molecule has 1 rings (SSSR count). The lowest BCUT2D eigenvalue weighted by molar-refractivity contribution is 1.03. The van der Waals surface area contributed by atoms with Gasteiger partial charge in [-0.1, -0.05) is 0 Å². The van der Waals surface area contributed by atoms with Gasteiger partial charge in [-0.2, -0.15) is 5.10 Å². The Labute approximate surface area is 81.9 Å². The van der Waals surface area contributed by atoms with Gasteiger partial charge in [0, 0.05) is 18.0 Å². The Bertz CT molecular complexity index is 320. The fourth-order valence-electron chi connectivity index (χ4n) is 0.797. The summed E-state index contributed by atoms with van der Waals surface area (Å²) in [4.78, 5) is 3.90. The van der Waals surface area contributed by atoms with E-state index >= 15 is 0 Å². The van der Waals surface area contributed by atoms with Gasteiger partial charge in [-0.3, -0.25) is 10.4 Å². The van der Waals surface area contributed by atoms with Gasteiger partial charge in [0.25, 0.3) is 0 Å². The summed E-state index contributed by atoms with van der Waals surface area (Å²) in [6, 6.07) is 3.72. The molecule has 0 fully saturated rings. The second kappa shape index (κ2) is 4.51. The van der Waals surface area contributed by atoms with E-state index in [1.807, 2.05) is 19.1 Å². The summed E-state index contributed by atoms with van der Waals surface area (Å²) >= 11 is 4.61. The van der Waals surface area contributed by atoms with Crippen molar-refractivity contribution in [3.8, 4) is 0 Å². The Kier molecular flexibility index (Phi) is 3.33. The molecule has 0 aliphatic rings. The molecule has 1 aromatic rings. The predicted molar refractivity (Wildman–Crippen MR) is 56.4 cm³/mol. The third-order valence-corrected chi connectivity index (χ3v) is 1.52. The van der Waals surface area contributed by atoms with Crippen LogP contribution in [0.2, 0.25) is 0 Å². The van der Waals surface area contributed by atoms with Gasteiger partial charge in [0.15, 0.2) is 5.11 Å². The van der Waals surface area contributed by atoms with Crippen LogP contribution in [0.4, 0.5) is 0 Å². The SMILES string of the molecule is C/C(=N\NC(N)=S)c1ccncc1. The fraction of sp³-hybridized carbons (Fsp3) is 0.125. The normalized spacial score (nSPS) is 11.0. The number of pyridine rings is 1. The zero-order valence-corrected chi connectivity index (χ0v) is 8.01. The highest BCUT2D eigenvalue weighted by atomic mass is 32.1. The number of hydrogen-bond donors (Lipinski definition) is 2. The largest absolute Gasteiger partial charge is 0.375 e. The van der Waals surface area contributed by atoms with E-state index < -0.39 is 0 Å². The van der Waals surface area contributed by atoms with Crippen molar-refractivity contribution in [1.82, 2.24) is 10.4 Å². The minimum atomic E-state index is 0.161. The molecule has 0 spiro atoms. The predicted octanol–water partition coefficient (Wildman–Crippen LogP) is 0.639. The average Bonchev–Trinajstić information content (AvgIpc) is 2.15. The number of hydrazone groups is 1. The van der Waals surface area contributed by atoms with E-state index in [9.17, 15) is 0 Å². The number of nitrogens with one attached hydrogen (secondary N) is 1. The Morgan fingerprint density at radius 3 is 2.69 bits per heavy atom. The molecule has 13 heavy (non-hydrogen) atoms. The van der Waals surface area contributed by atoms with Crippen molar-refractivity contribution >= 4 is 23.0 Å². The highest BCUT2D eigenvalue weighted by molar-refractivity contribution is 7.80. The number of aromatic nitrogens is 1. The first kappa shape index (κ1) is 9.60. The highest BCUT2D eigenvalue weighted by Crippen LogP contribution is 1.97. The molecule has 0 bridgehead atoms. The average molecular weight is 194 g/mol. The van der Waals surface area contributed by atoms with Crippen molar-refractivity contribution in [2.75, 3.05) is 0 Å². The lowest BCUT2D eigenvalue weighted by atomic mass is 10.2. The first-order valence-corrected chi connectivity index (χ1v) is 4.11. The summed E-state index contributed by atoms with van der Waals surface area (Å²) in [6.45, 7) is 1.86. The van der Waals surface area contributed by atoms with Gasteiger partial charge in [-0.25, -0.2) is 0 Å². The number of thiocarbonyl (C=S) groups is 1. The van der Waals surface area contributed by atoms with Gasteiger partial charge in [0.1, 0.15) is 0 Å². The van der Waals surface area contributed by atoms with Gasteiger partial charge in [-0.05, 0) is 31.3 Å². The monoisotopic (exact) mass is 194 g/mol. The van der Waals surface area contributed by atoms with E-state index in [-0.39, 0.29) is 5.11 Å². The van der Waals surface area contributed by atoms with Gasteiger partial charge in [0.2, 0.25) is 0 Å². The topological polar surface area (TPSA) is 63.3 Å². The number of rotatable bonds is 2. The Balaban J connectivity index is 2.73. The number of hydrogen-bond acceptors (Lipinski definition) is 3. The molecule has 4 nitrogen and oxygen atoms in total. The van der Waals surface area contributed by atoms with Crippen LogP contribution in [-0.4, -0.2) is 15.8 Å². The van der Waals surface area contributed by atoms with Crippen LogP contribution in [0.1, 0.15) is 12.5 Å². The minimum absolute atomic E-state index is 0.161. The van der Waals surface area contributed by atoms with Gasteiger partial charge in [-0.15, -0.1) is 0 Å². The first-order valence-electron chi connectivity index (χ1n) is 3.70. The van der Waals surface area contributed by atoms with Crippen LogP contribution in [0.25, 0.3) is 0 Å². The van der Waals surface area contributed by atoms with Crippen molar-refractivity contribution in [3.63, 3.8) is 0 Å². The quantitative estimate of drug-likeness (QED) is 0.412. The van der Waals surface area contributed by atoms with E-state index in [0.29, 0.717) is 0 Å². The molecule has 0 unspecified atom stereocenters. The number of nitrogens with two attached hydrogens (primary N) is 1. The number of nitrogens with zero attached hydrogens (tertiary/aromatic N) is 2. The summed E-state index contributed by atoms with van der Waals surface area (Å²) in [5.41, 5.74) is 9.54. The van der Waals surface area contributed by atoms with Crippen LogP contribution in [0.5, 0.6) is 0 Å². The van der Waals surface area contributed by atoms with Crippen LogP contribution < -0.4 is 11.2 Å². The van der Waals surface area contributed by atoms with E-state index in [2.05, 4.69) is 27.7 Å². The zero-order chi connectivity index (χ0) is 9.68. The molecule has 1 aromatic heterocycles. The maximum absolute atomic E-state index is 5.22. The summed E-state index contributed by atoms with van der Waals surface area (Å²) in [6.07, 6.45) is 3.41. The fourth-order valence-corrected chi connectivity index (χ4v) is 0.842. The molecule has 0 aliphatic carbocycles. The van der Waals surface area contributed by atoms with Crippen molar-refractivity contribution in [3.05, 3.63) is 30.1 Å². The molecular weight excluding hydrogens is 184 g/mol. The molecular formula is C8H10N4S. The summed E-state index contributed by atoms with van der Waals surface area (Å²) in [5.74, 6) is 0. The van der Waals surface area contributed by atoms with E-state index in [4.69, 9.17) is 5.73 Å². The first-order chi connectivity index (χ1) is 6.20. The van der Waals surface area contributed by atoms with Gasteiger partial charge >= 0.3 is 0 Å². The second-order valence-electron chi connectivity index (χ2n) is 2.41. The smallest absolute Gasteiger partial charge is 0.184 e. The van der Waals surface area contributed by atoms with Gasteiger partial charge < -0.3 is 5.73 Å². The molecule has 0 amide bonds. The molecule has 0 aromatic carbocycles. The molecule has 5 heteroatoms. The molecule has 3 N–H and O–H groups in total. The Morgan fingerprint density at radius 1 is 1.54 bits per heavy atom. The standard InChI is InChI=1S/C8H10N4S/c1-6(11-12-8(9)13)7-2-4-10-5-3-7/h2-5H,1H3,(H3,9,12,13)/b11-6+. The van der Waals surface area contributed by atoms with Crippen LogP contribution in [0.15, 0.2) is 29.6 Å². The summed E-state index contributed by atoms with van der Waals surface area (Å²) < 4.78 is 0. The van der Waals surface area contributed by atoms with E-state index in [1.165, 1.54) is 0 Å². The minimum Gasteiger partial charge on any atom is -0.375 e. The Hall–Kier alpha value is -1.49. The maximum Gasteiger partial charge on any atom is 0.184 e. The lowest BCUT2D eigenvalue weighted by Gasteiger charge is -2.00. The van der Waals surface area contributed by atoms with Crippen LogP contribution in [0.3, 0.4) is 0 Å². The van der Waals surface area contributed by atoms with Crippen molar-refractivity contribution < 1.29 is 0 Å². The van der Waals surface area contributed by atoms with Crippen molar-refractivity contribution in [2.24, 2.45) is 10.8 Å². The molecule has 0 radical (unpaired) electrons. The summed E-state index contributed by atoms with van der Waals surface area (Å²) in [7, 11) is 0. The van der Waals surface area contributed by atoms with Gasteiger partial charge in [0.05, 0.1) is 5.71 Å². The third-order valence-electron chi connectivity index (χ3n) is 1.43. The highest BCUT2D eigenvalue weighted by Gasteiger charge is 1.94. The van der Waals surface area contributed by atoms with E-state index in [0.717, 1.165) is 11.3 Å². The second-order valence-corrected chi connectivity index (χ2v) is 2.85. The molecule has 68 valence electrons. The zero-order valence-electron chi connectivity index (χ0n) is 7.19. The molecule has 0 aliphatic heterocycles. The molecule has 0 saturated heterocycles. The Morgan fingerprint density at radius 2 is 2.15 bits per heavy atom. The van der Waals surface area contributed by atoms with E-state index in [1.54, 1.807) is 12.4 Å².